The Balaban J connectivity index is 1.84. The minimum Gasteiger partial charge on any atom is -0.389 e. The summed E-state index contributed by atoms with van der Waals surface area (Å²) in [5, 5.41) is 14.0. The third-order valence-corrected chi connectivity index (χ3v) is 5.22. The van der Waals surface area contributed by atoms with Gasteiger partial charge in [0.25, 0.3) is 0 Å². The van der Waals surface area contributed by atoms with Crippen molar-refractivity contribution in [1.82, 2.24) is 5.32 Å². The first-order valence-electron chi connectivity index (χ1n) is 7.87. The molecule has 0 aliphatic heterocycles. The highest BCUT2D eigenvalue weighted by molar-refractivity contribution is 7.99. The molecule has 0 spiro atoms. The van der Waals surface area contributed by atoms with E-state index in [9.17, 15) is 5.11 Å². The van der Waals surface area contributed by atoms with Gasteiger partial charge in [-0.2, -0.15) is 0 Å². The van der Waals surface area contributed by atoms with Gasteiger partial charge < -0.3 is 10.4 Å². The largest absolute Gasteiger partial charge is 0.389 e. The fraction of sp³-hybridized carbons (Fsp3) is 0.647. The third kappa shape index (κ3) is 5.12. The number of rotatable bonds is 7. The summed E-state index contributed by atoms with van der Waals surface area (Å²) >= 11 is 1.80. The van der Waals surface area contributed by atoms with Crippen LogP contribution in [0.25, 0.3) is 0 Å². The standard InChI is InChI=1S/C17H27NOS/c1-2-11-18-13-15-7-6-8-16(12-15)20-14-17(19)9-4-3-5-10-17/h6-8,12,18-19H,2-5,9-11,13-14H2,1H3. The molecule has 1 aromatic carbocycles. The van der Waals surface area contributed by atoms with Crippen molar-refractivity contribution in [3.05, 3.63) is 29.8 Å². The van der Waals surface area contributed by atoms with E-state index in [1.807, 2.05) is 0 Å². The molecule has 3 heteroatoms. The van der Waals surface area contributed by atoms with Gasteiger partial charge >= 0.3 is 0 Å². The second-order valence-corrected chi connectivity index (χ2v) is 6.95. The van der Waals surface area contributed by atoms with Crippen LogP contribution in [0.5, 0.6) is 0 Å². The molecule has 2 N–H and O–H groups in total. The summed E-state index contributed by atoms with van der Waals surface area (Å²) < 4.78 is 0. The number of hydrogen-bond acceptors (Lipinski definition) is 3. The van der Waals surface area contributed by atoms with E-state index in [1.54, 1.807) is 11.8 Å². The molecule has 1 fully saturated rings. The number of benzene rings is 1. The third-order valence-electron chi connectivity index (χ3n) is 3.95. The van der Waals surface area contributed by atoms with Gasteiger partial charge in [-0.3, -0.25) is 0 Å². The Morgan fingerprint density at radius 2 is 2.05 bits per heavy atom. The fourth-order valence-electron chi connectivity index (χ4n) is 2.73. The first-order chi connectivity index (χ1) is 9.72. The van der Waals surface area contributed by atoms with Crippen LogP contribution in [0.4, 0.5) is 0 Å². The molecule has 2 rings (SSSR count). The van der Waals surface area contributed by atoms with Crippen molar-refractivity contribution in [2.45, 2.75) is 62.5 Å². The molecule has 0 radical (unpaired) electrons. The van der Waals surface area contributed by atoms with E-state index >= 15 is 0 Å². The van der Waals surface area contributed by atoms with E-state index in [1.165, 1.54) is 36.1 Å². The van der Waals surface area contributed by atoms with E-state index in [0.717, 1.165) is 31.7 Å². The zero-order valence-corrected chi connectivity index (χ0v) is 13.3. The van der Waals surface area contributed by atoms with E-state index < -0.39 is 5.60 Å². The van der Waals surface area contributed by atoms with Crippen molar-refractivity contribution < 1.29 is 5.11 Å². The first kappa shape index (κ1) is 15.9. The molecule has 1 aliphatic carbocycles. The van der Waals surface area contributed by atoms with Crippen LogP contribution in [0, 0.1) is 0 Å². The lowest BCUT2D eigenvalue weighted by atomic mass is 9.86. The smallest absolute Gasteiger partial charge is 0.0741 e. The Morgan fingerprint density at radius 3 is 2.80 bits per heavy atom. The Hall–Kier alpha value is -0.510. The van der Waals surface area contributed by atoms with E-state index in [4.69, 9.17) is 0 Å². The predicted molar refractivity (Wildman–Crippen MR) is 87.2 cm³/mol. The highest BCUT2D eigenvalue weighted by Crippen LogP contribution is 2.33. The maximum Gasteiger partial charge on any atom is 0.0741 e. The molecular weight excluding hydrogens is 266 g/mol. The normalized spacial score (nSPS) is 18.1. The summed E-state index contributed by atoms with van der Waals surface area (Å²) in [5.74, 6) is 0.832. The second-order valence-electron chi connectivity index (χ2n) is 5.90. The van der Waals surface area contributed by atoms with E-state index in [0.29, 0.717) is 0 Å². The van der Waals surface area contributed by atoms with Gasteiger partial charge in [0.15, 0.2) is 0 Å². The number of hydrogen-bond donors (Lipinski definition) is 2. The maximum absolute atomic E-state index is 10.5. The summed E-state index contributed by atoms with van der Waals surface area (Å²) in [4.78, 5) is 1.28. The van der Waals surface area contributed by atoms with Gasteiger partial charge in [-0.25, -0.2) is 0 Å². The van der Waals surface area contributed by atoms with Crippen molar-refractivity contribution in [3.63, 3.8) is 0 Å². The molecule has 0 heterocycles. The Kier molecular flexibility index (Phi) is 6.40. The Bertz CT molecular complexity index is 402. The minimum atomic E-state index is -0.431. The SMILES string of the molecule is CCCNCc1cccc(SCC2(O)CCCCC2)c1. The van der Waals surface area contributed by atoms with Crippen molar-refractivity contribution >= 4 is 11.8 Å². The molecule has 1 aromatic rings. The second kappa shape index (κ2) is 8.06. The predicted octanol–water partition coefficient (Wildman–Crippen LogP) is 3.97. The highest BCUT2D eigenvalue weighted by Gasteiger charge is 2.28. The topological polar surface area (TPSA) is 32.3 Å². The van der Waals surface area contributed by atoms with Gasteiger partial charge in [0.1, 0.15) is 0 Å². The van der Waals surface area contributed by atoms with Crippen LogP contribution >= 0.6 is 11.8 Å². The Labute approximate surface area is 127 Å². The lowest BCUT2D eigenvalue weighted by molar-refractivity contribution is 0.0273. The molecule has 0 saturated heterocycles. The monoisotopic (exact) mass is 293 g/mol. The van der Waals surface area contributed by atoms with Gasteiger partial charge in [0.05, 0.1) is 5.60 Å². The molecule has 1 saturated carbocycles. The molecule has 1 aliphatic rings. The van der Waals surface area contributed by atoms with Gasteiger partial charge in [-0.1, -0.05) is 38.3 Å². The maximum atomic E-state index is 10.5. The highest BCUT2D eigenvalue weighted by atomic mass is 32.2. The van der Waals surface area contributed by atoms with Gasteiger partial charge in [0, 0.05) is 17.2 Å². The molecule has 0 bridgehead atoms. The number of aliphatic hydroxyl groups is 1. The van der Waals surface area contributed by atoms with Crippen LogP contribution in [0.15, 0.2) is 29.2 Å². The summed E-state index contributed by atoms with van der Waals surface area (Å²) in [5.41, 5.74) is 0.901. The van der Waals surface area contributed by atoms with Crippen molar-refractivity contribution in [3.8, 4) is 0 Å². The van der Waals surface area contributed by atoms with Crippen LogP contribution in [-0.2, 0) is 6.54 Å². The fourth-order valence-corrected chi connectivity index (χ4v) is 3.86. The average Bonchev–Trinajstić information content (AvgIpc) is 2.47. The van der Waals surface area contributed by atoms with Crippen LogP contribution in [-0.4, -0.2) is 23.0 Å². The zero-order chi connectivity index (χ0) is 14.3. The minimum absolute atomic E-state index is 0.431. The molecular formula is C17H27NOS. The quantitative estimate of drug-likeness (QED) is 0.589. The first-order valence-corrected chi connectivity index (χ1v) is 8.85. The average molecular weight is 293 g/mol. The van der Waals surface area contributed by atoms with Crippen molar-refractivity contribution in [2.75, 3.05) is 12.3 Å². The molecule has 0 atom stereocenters. The van der Waals surface area contributed by atoms with Crippen LogP contribution in [0.1, 0.15) is 51.0 Å². The molecule has 0 amide bonds. The molecule has 0 aromatic heterocycles. The lowest BCUT2D eigenvalue weighted by Gasteiger charge is -2.31. The van der Waals surface area contributed by atoms with Gasteiger partial charge in [0.2, 0.25) is 0 Å². The molecule has 20 heavy (non-hydrogen) atoms. The summed E-state index contributed by atoms with van der Waals surface area (Å²) in [7, 11) is 0. The van der Waals surface area contributed by atoms with E-state index in [2.05, 4.69) is 36.5 Å². The van der Waals surface area contributed by atoms with E-state index in [-0.39, 0.29) is 0 Å². The summed E-state index contributed by atoms with van der Waals surface area (Å²) in [6, 6.07) is 8.69. The molecule has 2 nitrogen and oxygen atoms in total. The van der Waals surface area contributed by atoms with Gasteiger partial charge in [-0.05, 0) is 43.5 Å². The number of nitrogens with one attached hydrogen (secondary N) is 1. The van der Waals surface area contributed by atoms with Crippen molar-refractivity contribution in [2.24, 2.45) is 0 Å². The zero-order valence-electron chi connectivity index (χ0n) is 12.5. The van der Waals surface area contributed by atoms with Gasteiger partial charge in [-0.15, -0.1) is 11.8 Å². The van der Waals surface area contributed by atoms with Crippen LogP contribution < -0.4 is 5.32 Å². The van der Waals surface area contributed by atoms with Crippen molar-refractivity contribution in [1.29, 1.82) is 0 Å². The van der Waals surface area contributed by atoms with Crippen LogP contribution in [0.2, 0.25) is 0 Å². The lowest BCUT2D eigenvalue weighted by Crippen LogP contribution is -2.33. The molecule has 0 unspecified atom stereocenters. The molecule has 112 valence electrons. The Morgan fingerprint density at radius 1 is 1.25 bits per heavy atom. The summed E-state index contributed by atoms with van der Waals surface area (Å²) in [6.45, 7) is 4.19. The summed E-state index contributed by atoms with van der Waals surface area (Å²) in [6.07, 6.45) is 6.75. The number of thioether (sulfide) groups is 1. The van der Waals surface area contributed by atoms with Crippen LogP contribution in [0.3, 0.4) is 0 Å².